The maximum atomic E-state index is 11.0. The molecular weight excluding hydrogens is 448 g/mol. The minimum atomic E-state index is -2.99. The predicted molar refractivity (Wildman–Crippen MR) is 99.8 cm³/mol. The number of aliphatic imine (C=N–C) groups is 1. The van der Waals surface area contributed by atoms with Crippen molar-refractivity contribution in [2.24, 2.45) is 4.99 Å². The lowest BCUT2D eigenvalue weighted by molar-refractivity contribution is 0.600. The van der Waals surface area contributed by atoms with Gasteiger partial charge in [0.25, 0.3) is 0 Å². The molecule has 0 aliphatic heterocycles. The first kappa shape index (κ1) is 20.8. The molecule has 1 rings (SSSR count). The molecule has 0 bridgehead atoms. The van der Waals surface area contributed by atoms with E-state index in [4.69, 9.17) is 23.2 Å². The topological polar surface area (TPSA) is 70.6 Å². The largest absolute Gasteiger partial charge is 0.355 e. The van der Waals surface area contributed by atoms with Crippen molar-refractivity contribution in [3.63, 3.8) is 0 Å². The molecule has 0 aliphatic rings. The molecule has 1 aromatic carbocycles. The summed E-state index contributed by atoms with van der Waals surface area (Å²) in [7, 11) is -1.38. The number of nitrogens with zero attached hydrogens (tertiary/aromatic N) is 1. The van der Waals surface area contributed by atoms with Crippen molar-refractivity contribution in [3.8, 4) is 0 Å². The average molecular weight is 466 g/mol. The highest BCUT2D eigenvalue weighted by molar-refractivity contribution is 14.0. The van der Waals surface area contributed by atoms with Crippen LogP contribution in [0.3, 0.4) is 0 Å². The summed E-state index contributed by atoms with van der Waals surface area (Å²) in [6.45, 7) is 0.765. The third kappa shape index (κ3) is 8.70. The van der Waals surface area contributed by atoms with Gasteiger partial charge >= 0.3 is 0 Å². The van der Waals surface area contributed by atoms with Crippen molar-refractivity contribution in [2.75, 3.05) is 25.6 Å². The Hall–Kier alpha value is -0.250. The minimum Gasteiger partial charge on any atom is -0.355 e. The Bertz CT molecular complexity index is 594. The molecule has 0 fully saturated rings. The molecule has 0 spiro atoms. The first-order valence-electron chi connectivity index (χ1n) is 5.88. The molecule has 21 heavy (non-hydrogen) atoms. The van der Waals surface area contributed by atoms with Gasteiger partial charge in [-0.2, -0.15) is 0 Å². The molecule has 0 saturated carbocycles. The Morgan fingerprint density at radius 3 is 2.48 bits per heavy atom. The highest BCUT2D eigenvalue weighted by atomic mass is 127. The van der Waals surface area contributed by atoms with Crippen molar-refractivity contribution < 1.29 is 8.42 Å². The lowest BCUT2D eigenvalue weighted by Crippen LogP contribution is -2.39. The Labute approximate surface area is 152 Å². The van der Waals surface area contributed by atoms with E-state index in [0.29, 0.717) is 29.1 Å². The van der Waals surface area contributed by atoms with Crippen LogP contribution in [0.4, 0.5) is 0 Å². The number of halogens is 3. The maximum absolute atomic E-state index is 11.0. The number of guanidine groups is 1. The van der Waals surface area contributed by atoms with Gasteiger partial charge in [0.05, 0.1) is 5.75 Å². The maximum Gasteiger partial charge on any atom is 0.191 e. The van der Waals surface area contributed by atoms with Crippen LogP contribution in [0.2, 0.25) is 10.0 Å². The van der Waals surface area contributed by atoms with Crippen LogP contribution in [-0.4, -0.2) is 40.0 Å². The number of rotatable bonds is 5. The van der Waals surface area contributed by atoms with Crippen LogP contribution >= 0.6 is 47.2 Å². The van der Waals surface area contributed by atoms with Crippen LogP contribution in [0.1, 0.15) is 5.56 Å². The zero-order valence-electron chi connectivity index (χ0n) is 11.7. The van der Waals surface area contributed by atoms with Gasteiger partial charge in [0, 0.05) is 36.4 Å². The van der Waals surface area contributed by atoms with Gasteiger partial charge in [-0.1, -0.05) is 29.3 Å². The summed E-state index contributed by atoms with van der Waals surface area (Å²) in [6.07, 6.45) is 1.19. The van der Waals surface area contributed by atoms with Gasteiger partial charge in [-0.3, -0.25) is 4.99 Å². The second-order valence-corrected chi connectivity index (χ2v) is 7.32. The number of hydrogen-bond acceptors (Lipinski definition) is 3. The molecule has 120 valence electrons. The average Bonchev–Trinajstić information content (AvgIpc) is 2.34. The van der Waals surface area contributed by atoms with Crippen LogP contribution in [0, 0.1) is 0 Å². The number of sulfone groups is 1. The molecule has 0 aromatic heterocycles. The molecule has 0 radical (unpaired) electrons. The second-order valence-electron chi connectivity index (χ2n) is 4.22. The van der Waals surface area contributed by atoms with Gasteiger partial charge in [-0.25, -0.2) is 8.42 Å². The fourth-order valence-corrected chi connectivity index (χ4v) is 2.37. The van der Waals surface area contributed by atoms with Crippen molar-refractivity contribution in [1.29, 1.82) is 0 Å². The SMILES string of the molecule is CN=C(NCCS(C)(=O)=O)NCc1ccc(Cl)cc1Cl.I. The first-order chi connectivity index (χ1) is 9.31. The van der Waals surface area contributed by atoms with Crippen LogP contribution in [0.15, 0.2) is 23.2 Å². The fourth-order valence-electron chi connectivity index (χ4n) is 1.42. The molecule has 0 amide bonds. The van der Waals surface area contributed by atoms with E-state index in [1.165, 1.54) is 6.26 Å². The molecule has 5 nitrogen and oxygen atoms in total. The molecule has 0 unspecified atom stereocenters. The highest BCUT2D eigenvalue weighted by Crippen LogP contribution is 2.20. The van der Waals surface area contributed by atoms with E-state index in [0.717, 1.165) is 5.56 Å². The van der Waals surface area contributed by atoms with E-state index in [-0.39, 0.29) is 29.7 Å². The molecular formula is C12H18Cl2IN3O2S. The summed E-state index contributed by atoms with van der Waals surface area (Å²) in [4.78, 5) is 4.00. The van der Waals surface area contributed by atoms with Gasteiger partial charge in [-0.05, 0) is 17.7 Å². The standard InChI is InChI=1S/C12H17Cl2N3O2S.HI/c1-15-12(16-5-6-20(2,18)19)17-8-9-3-4-10(13)7-11(9)14;/h3-4,7H,5-6,8H2,1-2H3,(H2,15,16,17);1H. The zero-order valence-corrected chi connectivity index (χ0v) is 16.3. The summed E-state index contributed by atoms with van der Waals surface area (Å²) < 4.78 is 22.1. The van der Waals surface area contributed by atoms with Crippen LogP contribution < -0.4 is 10.6 Å². The fraction of sp³-hybridized carbons (Fsp3) is 0.417. The Morgan fingerprint density at radius 2 is 1.95 bits per heavy atom. The Morgan fingerprint density at radius 1 is 1.29 bits per heavy atom. The van der Waals surface area contributed by atoms with E-state index in [1.54, 1.807) is 19.2 Å². The smallest absolute Gasteiger partial charge is 0.191 e. The van der Waals surface area contributed by atoms with E-state index in [2.05, 4.69) is 15.6 Å². The van der Waals surface area contributed by atoms with E-state index >= 15 is 0 Å². The molecule has 0 heterocycles. The third-order valence-corrected chi connectivity index (χ3v) is 3.98. The molecule has 2 N–H and O–H groups in total. The molecule has 0 atom stereocenters. The molecule has 9 heteroatoms. The Kier molecular flexibility index (Phi) is 9.59. The van der Waals surface area contributed by atoms with Crippen LogP contribution in [0.5, 0.6) is 0 Å². The lowest BCUT2D eigenvalue weighted by Gasteiger charge is -2.12. The summed E-state index contributed by atoms with van der Waals surface area (Å²) in [5.41, 5.74) is 0.877. The summed E-state index contributed by atoms with van der Waals surface area (Å²) in [6, 6.07) is 5.24. The van der Waals surface area contributed by atoms with E-state index in [9.17, 15) is 8.42 Å². The zero-order chi connectivity index (χ0) is 15.2. The molecule has 0 saturated heterocycles. The normalized spacial score (nSPS) is 11.7. The van der Waals surface area contributed by atoms with Gasteiger partial charge in [0.1, 0.15) is 9.84 Å². The van der Waals surface area contributed by atoms with Gasteiger partial charge in [-0.15, -0.1) is 24.0 Å². The number of nitrogens with one attached hydrogen (secondary N) is 2. The summed E-state index contributed by atoms with van der Waals surface area (Å²) >= 11 is 11.9. The monoisotopic (exact) mass is 465 g/mol. The second kappa shape index (κ2) is 9.70. The summed E-state index contributed by atoms with van der Waals surface area (Å²) in [5.74, 6) is 0.565. The first-order valence-corrected chi connectivity index (χ1v) is 8.69. The van der Waals surface area contributed by atoms with Crippen molar-refractivity contribution in [3.05, 3.63) is 33.8 Å². The highest BCUT2D eigenvalue weighted by Gasteiger charge is 2.05. The van der Waals surface area contributed by atoms with E-state index in [1.807, 2.05) is 6.07 Å². The van der Waals surface area contributed by atoms with Crippen molar-refractivity contribution in [1.82, 2.24) is 10.6 Å². The lowest BCUT2D eigenvalue weighted by atomic mass is 10.2. The van der Waals surface area contributed by atoms with Crippen molar-refractivity contribution in [2.45, 2.75) is 6.54 Å². The quantitative estimate of drug-likeness (QED) is 0.397. The van der Waals surface area contributed by atoms with Crippen molar-refractivity contribution >= 4 is 63.0 Å². The Balaban J connectivity index is 0.00000400. The molecule has 1 aromatic rings. The third-order valence-electron chi connectivity index (χ3n) is 2.45. The number of benzene rings is 1. The van der Waals surface area contributed by atoms with Crippen LogP contribution in [0.25, 0.3) is 0 Å². The number of hydrogen-bond donors (Lipinski definition) is 2. The van der Waals surface area contributed by atoms with Crippen LogP contribution in [-0.2, 0) is 16.4 Å². The predicted octanol–water partition coefficient (Wildman–Crippen LogP) is 2.32. The summed E-state index contributed by atoms with van der Waals surface area (Å²) in [5, 5.41) is 7.11. The van der Waals surface area contributed by atoms with E-state index < -0.39 is 9.84 Å². The van der Waals surface area contributed by atoms with Gasteiger partial charge < -0.3 is 10.6 Å². The van der Waals surface area contributed by atoms with Gasteiger partial charge in [0.15, 0.2) is 5.96 Å². The van der Waals surface area contributed by atoms with Gasteiger partial charge in [0.2, 0.25) is 0 Å². The molecule has 0 aliphatic carbocycles. The minimum absolute atomic E-state index is 0.